The molecular formula is C30H42O5. The first-order valence-corrected chi connectivity index (χ1v) is 12.9. The fraction of sp³-hybridized carbons (Fsp3) is 0.500. The van der Waals surface area contributed by atoms with Crippen LogP contribution in [0.2, 0.25) is 0 Å². The number of rotatable bonds is 16. The lowest BCUT2D eigenvalue weighted by Crippen LogP contribution is -2.08. The molecule has 0 radical (unpaired) electrons. The Balaban J connectivity index is 1.78. The van der Waals surface area contributed by atoms with Crippen molar-refractivity contribution in [3.05, 3.63) is 69.6 Å². The first kappa shape index (κ1) is 28.4. The van der Waals surface area contributed by atoms with Gasteiger partial charge in [0.25, 0.3) is 0 Å². The molecule has 0 amide bonds. The molecule has 0 atom stereocenters. The monoisotopic (exact) mass is 482 g/mol. The zero-order chi connectivity index (χ0) is 25.5. The number of unbranched alkanes of at least 4 members (excludes halogenated alkanes) is 5. The van der Waals surface area contributed by atoms with Crippen LogP contribution in [-0.4, -0.2) is 19.0 Å². The Kier molecular flexibility index (Phi) is 13.0. The van der Waals surface area contributed by atoms with Gasteiger partial charge in [0.05, 0.1) is 0 Å². The summed E-state index contributed by atoms with van der Waals surface area (Å²) in [6.07, 6.45) is 24.0. The molecule has 0 saturated carbocycles. The minimum Gasteiger partial charge on any atom is -0.507 e. The second-order valence-electron chi connectivity index (χ2n) is 8.86. The van der Waals surface area contributed by atoms with Gasteiger partial charge in [0.15, 0.2) is 12.2 Å². The first-order valence-electron chi connectivity index (χ1n) is 12.9. The van der Waals surface area contributed by atoms with Crippen LogP contribution >= 0.6 is 0 Å². The Bertz CT molecular complexity index is 1060. The predicted octanol–water partition coefficient (Wildman–Crippen LogP) is 7.84. The number of allylic oxidation sites excluding steroid dienone is 6. The summed E-state index contributed by atoms with van der Waals surface area (Å²) < 4.78 is 16.7. The molecule has 5 heteroatoms. The van der Waals surface area contributed by atoms with Gasteiger partial charge in [0.1, 0.15) is 28.2 Å². The standard InChI is InChI=1S/C30H42O5/c1-5-6-7-8-9-10-11-12-13-14-15-16-17-18-19-20-25-21-26(31)27-28(32)23(2)29(34-22-33-4)24(3)30(27)35-25/h6-7,9-10,12-13,21,32H,5,8,11,14-20,22H2,1-4H3/b7-6-,10-9-,13-12-. The van der Waals surface area contributed by atoms with Crippen LogP contribution < -0.4 is 10.2 Å². The zero-order valence-corrected chi connectivity index (χ0v) is 21.9. The summed E-state index contributed by atoms with van der Waals surface area (Å²) in [5, 5.41) is 10.8. The van der Waals surface area contributed by atoms with Gasteiger partial charge in [-0.05, 0) is 52.4 Å². The molecule has 0 aliphatic rings. The number of ether oxygens (including phenoxy) is 2. The van der Waals surface area contributed by atoms with Crippen molar-refractivity contribution >= 4 is 11.0 Å². The maximum atomic E-state index is 12.7. The van der Waals surface area contributed by atoms with Gasteiger partial charge in [-0.2, -0.15) is 0 Å². The van der Waals surface area contributed by atoms with Crippen molar-refractivity contribution < 1.29 is 19.0 Å². The molecule has 0 aliphatic carbocycles. The van der Waals surface area contributed by atoms with E-state index in [1.54, 1.807) is 6.92 Å². The van der Waals surface area contributed by atoms with Crippen LogP contribution in [-0.2, 0) is 11.2 Å². The average Bonchev–Trinajstić information content (AvgIpc) is 2.84. The van der Waals surface area contributed by atoms with Crippen molar-refractivity contribution in [3.63, 3.8) is 0 Å². The molecule has 0 aliphatic heterocycles. The number of aromatic hydroxyl groups is 1. The van der Waals surface area contributed by atoms with Gasteiger partial charge in [-0.1, -0.05) is 62.6 Å². The van der Waals surface area contributed by atoms with E-state index < -0.39 is 0 Å². The first-order chi connectivity index (χ1) is 17.0. The molecule has 0 bridgehead atoms. The SMILES string of the molecule is CC/C=C\C/C=C\C/C=C\CCCCCCCc1cc(=O)c2c(O)c(C)c(OCOC)c(C)c2o1. The molecule has 1 aromatic carbocycles. The highest BCUT2D eigenvalue weighted by Crippen LogP contribution is 2.38. The lowest BCUT2D eigenvalue weighted by atomic mass is 10.0. The van der Waals surface area contributed by atoms with E-state index in [1.165, 1.54) is 32.4 Å². The number of aryl methyl sites for hydroxylation is 2. The number of fused-ring (bicyclic) bond motifs is 1. The van der Waals surface area contributed by atoms with Gasteiger partial charge in [0.2, 0.25) is 0 Å². The van der Waals surface area contributed by atoms with Crippen molar-refractivity contribution in [1.29, 1.82) is 0 Å². The lowest BCUT2D eigenvalue weighted by molar-refractivity contribution is 0.0500. The van der Waals surface area contributed by atoms with Gasteiger partial charge in [-0.25, -0.2) is 0 Å². The molecule has 5 nitrogen and oxygen atoms in total. The smallest absolute Gasteiger partial charge is 0.196 e. The van der Waals surface area contributed by atoms with Crippen LogP contribution in [0.3, 0.4) is 0 Å². The number of hydrogen-bond acceptors (Lipinski definition) is 5. The average molecular weight is 483 g/mol. The van der Waals surface area contributed by atoms with E-state index in [9.17, 15) is 9.90 Å². The summed E-state index contributed by atoms with van der Waals surface area (Å²) in [5.41, 5.74) is 1.38. The van der Waals surface area contributed by atoms with Crippen LogP contribution in [0.15, 0.2) is 51.7 Å². The van der Waals surface area contributed by atoms with Crippen LogP contribution in [0, 0.1) is 13.8 Å². The summed E-state index contributed by atoms with van der Waals surface area (Å²) in [6.45, 7) is 5.76. The second-order valence-corrected chi connectivity index (χ2v) is 8.86. The molecule has 1 aromatic heterocycles. The second kappa shape index (κ2) is 16.0. The summed E-state index contributed by atoms with van der Waals surface area (Å²) in [4.78, 5) is 12.7. The highest BCUT2D eigenvalue weighted by atomic mass is 16.7. The third kappa shape index (κ3) is 9.06. The largest absolute Gasteiger partial charge is 0.507 e. The van der Waals surface area contributed by atoms with Crippen molar-refractivity contribution in [2.75, 3.05) is 13.9 Å². The molecule has 0 spiro atoms. The number of methoxy groups -OCH3 is 1. The van der Waals surface area contributed by atoms with Gasteiger partial charge in [-0.3, -0.25) is 4.79 Å². The topological polar surface area (TPSA) is 68.9 Å². The minimum absolute atomic E-state index is 0.0559. The molecule has 1 N–H and O–H groups in total. The van der Waals surface area contributed by atoms with E-state index in [-0.39, 0.29) is 23.4 Å². The molecular weight excluding hydrogens is 440 g/mol. The summed E-state index contributed by atoms with van der Waals surface area (Å²) in [6, 6.07) is 1.51. The molecule has 2 aromatic rings. The number of benzene rings is 1. The Morgan fingerprint density at radius 2 is 1.57 bits per heavy atom. The molecule has 1 heterocycles. The van der Waals surface area contributed by atoms with Gasteiger partial charge in [0, 0.05) is 30.7 Å². The predicted molar refractivity (Wildman–Crippen MR) is 144 cm³/mol. The third-order valence-corrected chi connectivity index (χ3v) is 6.01. The maximum absolute atomic E-state index is 12.7. The lowest BCUT2D eigenvalue weighted by Gasteiger charge is -2.15. The van der Waals surface area contributed by atoms with Crippen LogP contribution in [0.5, 0.6) is 11.5 Å². The summed E-state index contributed by atoms with van der Waals surface area (Å²) in [5.74, 6) is 1.05. The maximum Gasteiger partial charge on any atom is 0.196 e. The minimum atomic E-state index is -0.220. The van der Waals surface area contributed by atoms with Crippen molar-refractivity contribution in [3.8, 4) is 11.5 Å². The van der Waals surface area contributed by atoms with E-state index in [2.05, 4.69) is 43.4 Å². The Morgan fingerprint density at radius 1 is 0.914 bits per heavy atom. The fourth-order valence-corrected chi connectivity index (χ4v) is 4.09. The van der Waals surface area contributed by atoms with E-state index in [1.807, 2.05) is 6.92 Å². The van der Waals surface area contributed by atoms with Crippen LogP contribution in [0.25, 0.3) is 11.0 Å². The Labute approximate surface area is 210 Å². The molecule has 35 heavy (non-hydrogen) atoms. The van der Waals surface area contributed by atoms with Crippen LogP contribution in [0.4, 0.5) is 0 Å². The molecule has 2 rings (SSSR count). The van der Waals surface area contributed by atoms with Crippen molar-refractivity contribution in [2.45, 2.75) is 85.0 Å². The number of phenols is 1. The zero-order valence-electron chi connectivity index (χ0n) is 21.9. The summed E-state index contributed by atoms with van der Waals surface area (Å²) >= 11 is 0. The van der Waals surface area contributed by atoms with Gasteiger partial charge < -0.3 is 19.0 Å². The summed E-state index contributed by atoms with van der Waals surface area (Å²) in [7, 11) is 1.54. The van der Waals surface area contributed by atoms with Crippen molar-refractivity contribution in [2.24, 2.45) is 0 Å². The number of hydrogen-bond donors (Lipinski definition) is 1. The van der Waals surface area contributed by atoms with E-state index in [4.69, 9.17) is 13.9 Å². The van der Waals surface area contributed by atoms with Crippen molar-refractivity contribution in [1.82, 2.24) is 0 Å². The Morgan fingerprint density at radius 3 is 2.29 bits per heavy atom. The van der Waals surface area contributed by atoms with E-state index in [0.29, 0.717) is 34.6 Å². The highest BCUT2D eigenvalue weighted by Gasteiger charge is 2.20. The molecule has 0 fully saturated rings. The van der Waals surface area contributed by atoms with E-state index in [0.717, 1.165) is 38.5 Å². The number of phenolic OH excluding ortho intramolecular Hbond substituents is 1. The van der Waals surface area contributed by atoms with Gasteiger partial charge >= 0.3 is 0 Å². The molecule has 192 valence electrons. The normalized spacial score (nSPS) is 12.1. The quantitative estimate of drug-likeness (QED) is 0.150. The molecule has 0 unspecified atom stereocenters. The third-order valence-electron chi connectivity index (χ3n) is 6.01. The van der Waals surface area contributed by atoms with Crippen LogP contribution in [0.1, 0.15) is 81.6 Å². The Hall–Kier alpha value is -2.79. The molecule has 0 saturated heterocycles. The highest BCUT2D eigenvalue weighted by molar-refractivity contribution is 5.89. The van der Waals surface area contributed by atoms with E-state index >= 15 is 0 Å². The van der Waals surface area contributed by atoms with Gasteiger partial charge in [-0.15, -0.1) is 0 Å². The fourth-order valence-electron chi connectivity index (χ4n) is 4.09.